The summed E-state index contributed by atoms with van der Waals surface area (Å²) in [7, 11) is -0.279. The van der Waals surface area contributed by atoms with Crippen molar-refractivity contribution in [2.75, 3.05) is 0 Å². The fourth-order valence-electron chi connectivity index (χ4n) is 0.141. The van der Waals surface area contributed by atoms with Gasteiger partial charge in [-0.15, -0.1) is 0 Å². The molecule has 0 amide bonds. The number of hydrogen-bond acceptors (Lipinski definition) is 3. The SMILES string of the molecule is C=C(C)C(=O)O[Si]N. The minimum Gasteiger partial charge on any atom is -0.497 e. The van der Waals surface area contributed by atoms with E-state index in [1.54, 1.807) is 6.92 Å². The Labute approximate surface area is 50.5 Å². The summed E-state index contributed by atoms with van der Waals surface area (Å²) in [6.07, 6.45) is 0. The van der Waals surface area contributed by atoms with Crippen LogP contribution in [0.5, 0.6) is 0 Å². The molecule has 0 aliphatic rings. The summed E-state index contributed by atoms with van der Waals surface area (Å²) in [6, 6.07) is 0. The van der Waals surface area contributed by atoms with Crippen molar-refractivity contribution in [1.82, 2.24) is 0 Å². The Hall–Kier alpha value is -0.613. The minimum atomic E-state index is -0.425. The van der Waals surface area contributed by atoms with Crippen LogP contribution in [0.4, 0.5) is 0 Å². The molecule has 2 radical (unpaired) electrons. The van der Waals surface area contributed by atoms with Crippen molar-refractivity contribution < 1.29 is 9.22 Å². The maximum atomic E-state index is 10.3. The molecule has 0 aromatic heterocycles. The zero-order chi connectivity index (χ0) is 6.57. The summed E-state index contributed by atoms with van der Waals surface area (Å²) in [5, 5.41) is 4.91. The molecule has 0 saturated carbocycles. The largest absolute Gasteiger partial charge is 0.497 e. The van der Waals surface area contributed by atoms with Crippen LogP contribution in [0, 0.1) is 0 Å². The van der Waals surface area contributed by atoms with E-state index in [4.69, 9.17) is 5.40 Å². The number of carbonyl (C=O) groups is 1. The first-order valence-electron chi connectivity index (χ1n) is 2.00. The second-order valence-corrected chi connectivity index (χ2v) is 1.73. The molecular formula is C4H7NO2Si. The van der Waals surface area contributed by atoms with E-state index in [-0.39, 0.29) is 9.92 Å². The van der Waals surface area contributed by atoms with E-state index in [1.165, 1.54) is 0 Å². The Morgan fingerprint density at radius 3 is 2.50 bits per heavy atom. The van der Waals surface area contributed by atoms with Crippen molar-refractivity contribution in [3.63, 3.8) is 0 Å². The second kappa shape index (κ2) is 3.40. The highest BCUT2D eigenvalue weighted by atomic mass is 28.2. The minimum absolute atomic E-state index is 0.279. The highest BCUT2D eigenvalue weighted by Crippen LogP contribution is 1.87. The van der Waals surface area contributed by atoms with Gasteiger partial charge < -0.3 is 9.83 Å². The van der Waals surface area contributed by atoms with E-state index in [1.807, 2.05) is 0 Å². The molecular weight excluding hydrogens is 122 g/mol. The van der Waals surface area contributed by atoms with E-state index in [2.05, 4.69) is 11.0 Å². The Balaban J connectivity index is 3.49. The molecule has 0 rings (SSSR count). The van der Waals surface area contributed by atoms with E-state index < -0.39 is 5.97 Å². The molecule has 0 aromatic rings. The Morgan fingerprint density at radius 1 is 1.88 bits per heavy atom. The van der Waals surface area contributed by atoms with Gasteiger partial charge >= 0.3 is 15.9 Å². The molecule has 0 bridgehead atoms. The molecule has 4 heteroatoms. The van der Waals surface area contributed by atoms with Crippen LogP contribution in [0.15, 0.2) is 12.2 Å². The van der Waals surface area contributed by atoms with Crippen LogP contribution >= 0.6 is 0 Å². The number of hydrogen-bond donors (Lipinski definition) is 1. The zero-order valence-electron chi connectivity index (χ0n) is 4.60. The van der Waals surface area contributed by atoms with Crippen molar-refractivity contribution >= 4 is 15.9 Å². The van der Waals surface area contributed by atoms with Crippen molar-refractivity contribution in [1.29, 1.82) is 0 Å². The van der Waals surface area contributed by atoms with Gasteiger partial charge in [-0.2, -0.15) is 0 Å². The predicted octanol–water partition coefficient (Wildman–Crippen LogP) is -0.401. The number of rotatable bonds is 2. The number of carbonyl (C=O) groups excluding carboxylic acids is 1. The fraction of sp³-hybridized carbons (Fsp3) is 0.250. The van der Waals surface area contributed by atoms with Gasteiger partial charge in [-0.05, 0) is 6.92 Å². The summed E-state index contributed by atoms with van der Waals surface area (Å²) in [4.78, 5) is 10.3. The van der Waals surface area contributed by atoms with Gasteiger partial charge in [0.2, 0.25) is 0 Å². The zero-order valence-corrected chi connectivity index (χ0v) is 5.60. The van der Waals surface area contributed by atoms with Gasteiger partial charge in [-0.25, -0.2) is 4.79 Å². The average molecular weight is 129 g/mol. The Kier molecular flexibility index (Phi) is 3.14. The van der Waals surface area contributed by atoms with E-state index in [9.17, 15) is 4.79 Å². The molecule has 0 heterocycles. The molecule has 0 unspecified atom stereocenters. The number of nitrogens with two attached hydrogens (primary N) is 1. The lowest BCUT2D eigenvalue weighted by Gasteiger charge is -1.95. The van der Waals surface area contributed by atoms with Crippen molar-refractivity contribution in [3.05, 3.63) is 12.2 Å². The van der Waals surface area contributed by atoms with Gasteiger partial charge in [-0.1, -0.05) is 6.58 Å². The van der Waals surface area contributed by atoms with Crippen LogP contribution in [-0.2, 0) is 9.22 Å². The lowest BCUT2D eigenvalue weighted by Crippen LogP contribution is -2.16. The van der Waals surface area contributed by atoms with Crippen LogP contribution in [0.1, 0.15) is 6.92 Å². The van der Waals surface area contributed by atoms with Crippen LogP contribution in [-0.4, -0.2) is 15.9 Å². The summed E-state index contributed by atoms with van der Waals surface area (Å²) < 4.78 is 4.37. The normalized spacial score (nSPS) is 8.25. The van der Waals surface area contributed by atoms with Gasteiger partial charge in [0.25, 0.3) is 0 Å². The van der Waals surface area contributed by atoms with E-state index >= 15 is 0 Å². The van der Waals surface area contributed by atoms with Crippen LogP contribution in [0.25, 0.3) is 0 Å². The average Bonchev–Trinajstić information content (AvgIpc) is 1.67. The topological polar surface area (TPSA) is 52.3 Å². The first kappa shape index (κ1) is 7.39. The third kappa shape index (κ3) is 2.54. The molecule has 0 fully saturated rings. The molecule has 8 heavy (non-hydrogen) atoms. The molecule has 3 nitrogen and oxygen atoms in total. The summed E-state index contributed by atoms with van der Waals surface area (Å²) in [6.45, 7) is 4.92. The summed E-state index contributed by atoms with van der Waals surface area (Å²) >= 11 is 0. The second-order valence-electron chi connectivity index (χ2n) is 1.29. The van der Waals surface area contributed by atoms with Crippen LogP contribution in [0.3, 0.4) is 0 Å². The predicted molar refractivity (Wildman–Crippen MR) is 30.8 cm³/mol. The molecule has 0 aliphatic heterocycles. The fourth-order valence-corrected chi connectivity index (χ4v) is 0.422. The van der Waals surface area contributed by atoms with Gasteiger partial charge in [0.05, 0.1) is 0 Å². The van der Waals surface area contributed by atoms with Crippen molar-refractivity contribution in [2.24, 2.45) is 5.40 Å². The Bertz CT molecular complexity index is 113. The molecule has 0 aromatic carbocycles. The maximum Gasteiger partial charge on any atom is 0.422 e. The summed E-state index contributed by atoms with van der Waals surface area (Å²) in [5.74, 6) is -0.425. The molecule has 44 valence electrons. The molecule has 0 spiro atoms. The highest BCUT2D eigenvalue weighted by molar-refractivity contribution is 6.27. The maximum absolute atomic E-state index is 10.3. The monoisotopic (exact) mass is 129 g/mol. The summed E-state index contributed by atoms with van der Waals surface area (Å²) in [5.41, 5.74) is 0.378. The molecule has 2 N–H and O–H groups in total. The van der Waals surface area contributed by atoms with E-state index in [0.717, 1.165) is 0 Å². The third-order valence-electron chi connectivity index (χ3n) is 0.500. The first-order chi connectivity index (χ1) is 3.68. The molecule has 0 aliphatic carbocycles. The van der Waals surface area contributed by atoms with Gasteiger partial charge in [0.1, 0.15) is 0 Å². The van der Waals surface area contributed by atoms with Crippen LogP contribution in [0.2, 0.25) is 0 Å². The van der Waals surface area contributed by atoms with Crippen LogP contribution < -0.4 is 5.40 Å². The first-order valence-corrected chi connectivity index (χ1v) is 2.99. The molecule has 0 atom stereocenters. The smallest absolute Gasteiger partial charge is 0.422 e. The highest BCUT2D eigenvalue weighted by Gasteiger charge is 1.99. The lowest BCUT2D eigenvalue weighted by molar-refractivity contribution is -0.130. The quantitative estimate of drug-likeness (QED) is 0.407. The Morgan fingerprint density at radius 2 is 2.38 bits per heavy atom. The third-order valence-corrected chi connectivity index (χ3v) is 0.803. The van der Waals surface area contributed by atoms with Gasteiger partial charge in [0.15, 0.2) is 0 Å². The van der Waals surface area contributed by atoms with Crippen molar-refractivity contribution in [2.45, 2.75) is 6.92 Å². The van der Waals surface area contributed by atoms with Gasteiger partial charge in [0, 0.05) is 5.57 Å². The van der Waals surface area contributed by atoms with E-state index in [0.29, 0.717) is 5.57 Å². The van der Waals surface area contributed by atoms with Crippen molar-refractivity contribution in [3.8, 4) is 0 Å². The van der Waals surface area contributed by atoms with Gasteiger partial charge in [-0.3, -0.25) is 0 Å². The lowest BCUT2D eigenvalue weighted by atomic mass is 10.4. The standard InChI is InChI=1S/C4H7NO2Si/c1-3(2)4(6)7-8-5/h1,5H2,2H3. The molecule has 0 saturated heterocycles.